The van der Waals surface area contributed by atoms with Gasteiger partial charge in [0.2, 0.25) is 0 Å². The summed E-state index contributed by atoms with van der Waals surface area (Å²) in [5, 5.41) is 11.5. The first kappa shape index (κ1) is 16.0. The molecule has 0 saturated heterocycles. The summed E-state index contributed by atoms with van der Waals surface area (Å²) in [6.07, 6.45) is 3.50. The van der Waals surface area contributed by atoms with Crippen LogP contribution in [0.2, 0.25) is 0 Å². The Morgan fingerprint density at radius 2 is 2.04 bits per heavy atom. The molecule has 0 aliphatic rings. The van der Waals surface area contributed by atoms with Gasteiger partial charge in [-0.05, 0) is 38.0 Å². The molecule has 0 saturated carbocycles. The predicted octanol–water partition coefficient (Wildman–Crippen LogP) is 3.02. The molecule has 24 heavy (non-hydrogen) atoms. The van der Waals surface area contributed by atoms with Gasteiger partial charge in [0.15, 0.2) is 0 Å². The molecule has 0 aliphatic heterocycles. The largest absolute Gasteiger partial charge is 0.318 e. The lowest BCUT2D eigenvalue weighted by atomic mass is 10.1. The molecular formula is C18H21N5O. The number of aryl methyl sites for hydroxylation is 3. The van der Waals surface area contributed by atoms with E-state index >= 15 is 0 Å². The fourth-order valence-electron chi connectivity index (χ4n) is 2.64. The summed E-state index contributed by atoms with van der Waals surface area (Å²) in [4.78, 5) is 12.4. The first-order valence-electron chi connectivity index (χ1n) is 7.99. The molecule has 124 valence electrons. The van der Waals surface area contributed by atoms with Crippen LogP contribution in [-0.2, 0) is 13.1 Å². The van der Waals surface area contributed by atoms with E-state index in [1.54, 1.807) is 16.9 Å². The Labute approximate surface area is 141 Å². The third-order valence-corrected chi connectivity index (χ3v) is 3.92. The van der Waals surface area contributed by atoms with E-state index in [2.05, 4.69) is 34.6 Å². The van der Waals surface area contributed by atoms with Crippen LogP contribution < -0.4 is 5.32 Å². The molecule has 0 aliphatic carbocycles. The number of anilines is 1. The summed E-state index contributed by atoms with van der Waals surface area (Å²) < 4.78 is 3.52. The molecule has 1 amide bonds. The maximum Gasteiger partial charge on any atom is 0.274 e. The highest BCUT2D eigenvalue weighted by atomic mass is 16.2. The SMILES string of the molecule is CCn1nc(C)cc1C(=O)Nc1cnn(Cc2ccccc2C)c1. The van der Waals surface area contributed by atoms with Crippen molar-refractivity contribution < 1.29 is 4.79 Å². The highest BCUT2D eigenvalue weighted by Crippen LogP contribution is 2.13. The zero-order valence-electron chi connectivity index (χ0n) is 14.2. The van der Waals surface area contributed by atoms with Crippen molar-refractivity contribution in [3.8, 4) is 0 Å². The van der Waals surface area contributed by atoms with Gasteiger partial charge in [0, 0.05) is 12.7 Å². The quantitative estimate of drug-likeness (QED) is 0.785. The van der Waals surface area contributed by atoms with Crippen LogP contribution in [0.4, 0.5) is 5.69 Å². The minimum atomic E-state index is -0.173. The van der Waals surface area contributed by atoms with Gasteiger partial charge in [-0.2, -0.15) is 10.2 Å². The average molecular weight is 323 g/mol. The third-order valence-electron chi connectivity index (χ3n) is 3.92. The van der Waals surface area contributed by atoms with Crippen molar-refractivity contribution in [3.63, 3.8) is 0 Å². The number of carbonyl (C=O) groups is 1. The molecule has 0 bridgehead atoms. The van der Waals surface area contributed by atoms with Gasteiger partial charge in [-0.25, -0.2) is 0 Å². The first-order valence-corrected chi connectivity index (χ1v) is 7.99. The third kappa shape index (κ3) is 3.37. The Bertz CT molecular complexity index is 862. The van der Waals surface area contributed by atoms with E-state index in [9.17, 15) is 4.79 Å². The Morgan fingerprint density at radius 1 is 1.25 bits per heavy atom. The minimum absolute atomic E-state index is 0.173. The van der Waals surface area contributed by atoms with E-state index in [1.807, 2.05) is 36.9 Å². The smallest absolute Gasteiger partial charge is 0.274 e. The maximum absolute atomic E-state index is 12.4. The zero-order valence-corrected chi connectivity index (χ0v) is 14.2. The van der Waals surface area contributed by atoms with Crippen molar-refractivity contribution in [3.05, 3.63) is 65.2 Å². The van der Waals surface area contributed by atoms with Crippen LogP contribution in [0.5, 0.6) is 0 Å². The molecule has 3 rings (SSSR count). The predicted molar refractivity (Wildman–Crippen MR) is 93.1 cm³/mol. The fourth-order valence-corrected chi connectivity index (χ4v) is 2.64. The van der Waals surface area contributed by atoms with Gasteiger partial charge < -0.3 is 5.32 Å². The van der Waals surface area contributed by atoms with Crippen molar-refractivity contribution in [1.29, 1.82) is 0 Å². The monoisotopic (exact) mass is 323 g/mol. The fraction of sp³-hybridized carbons (Fsp3) is 0.278. The van der Waals surface area contributed by atoms with Gasteiger partial charge >= 0.3 is 0 Å². The molecule has 0 unspecified atom stereocenters. The van der Waals surface area contributed by atoms with E-state index in [0.29, 0.717) is 24.5 Å². The summed E-state index contributed by atoms with van der Waals surface area (Å²) in [5.74, 6) is -0.173. The molecule has 0 radical (unpaired) electrons. The number of aromatic nitrogens is 4. The van der Waals surface area contributed by atoms with Gasteiger partial charge in [-0.3, -0.25) is 14.2 Å². The van der Waals surface area contributed by atoms with E-state index < -0.39 is 0 Å². The van der Waals surface area contributed by atoms with Crippen LogP contribution in [0.3, 0.4) is 0 Å². The molecule has 0 spiro atoms. The number of amides is 1. The number of carbonyl (C=O) groups excluding carboxylic acids is 1. The van der Waals surface area contributed by atoms with Crippen LogP contribution in [0, 0.1) is 13.8 Å². The second-order valence-electron chi connectivity index (χ2n) is 5.79. The van der Waals surface area contributed by atoms with Gasteiger partial charge in [0.25, 0.3) is 5.91 Å². The molecule has 2 heterocycles. The lowest BCUT2D eigenvalue weighted by molar-refractivity contribution is 0.101. The summed E-state index contributed by atoms with van der Waals surface area (Å²) in [6, 6.07) is 9.99. The van der Waals surface area contributed by atoms with Gasteiger partial charge in [0.05, 0.1) is 24.1 Å². The number of hydrogen-bond acceptors (Lipinski definition) is 3. The van der Waals surface area contributed by atoms with Crippen LogP contribution in [0.25, 0.3) is 0 Å². The van der Waals surface area contributed by atoms with Crippen molar-refractivity contribution >= 4 is 11.6 Å². The molecule has 6 heteroatoms. The van der Waals surface area contributed by atoms with Gasteiger partial charge in [-0.1, -0.05) is 24.3 Å². The van der Waals surface area contributed by atoms with Gasteiger partial charge in [0.1, 0.15) is 5.69 Å². The molecular weight excluding hydrogens is 302 g/mol. The molecule has 0 atom stereocenters. The summed E-state index contributed by atoms with van der Waals surface area (Å²) in [7, 11) is 0. The minimum Gasteiger partial charge on any atom is -0.318 e. The van der Waals surface area contributed by atoms with E-state index in [1.165, 1.54) is 11.1 Å². The molecule has 6 nitrogen and oxygen atoms in total. The number of rotatable bonds is 5. The molecule has 1 aromatic carbocycles. The van der Waals surface area contributed by atoms with E-state index in [-0.39, 0.29) is 5.91 Å². The van der Waals surface area contributed by atoms with Crippen LogP contribution in [0.1, 0.15) is 34.2 Å². The number of nitrogens with zero attached hydrogens (tertiary/aromatic N) is 4. The summed E-state index contributed by atoms with van der Waals surface area (Å²) in [5.41, 5.74) is 4.49. The Hall–Kier alpha value is -2.89. The van der Waals surface area contributed by atoms with Gasteiger partial charge in [-0.15, -0.1) is 0 Å². The number of nitrogens with one attached hydrogen (secondary N) is 1. The second-order valence-corrected chi connectivity index (χ2v) is 5.79. The normalized spacial score (nSPS) is 10.8. The molecule has 2 aromatic heterocycles. The number of benzene rings is 1. The topological polar surface area (TPSA) is 64.7 Å². The lowest BCUT2D eigenvalue weighted by Crippen LogP contribution is -2.17. The van der Waals surface area contributed by atoms with E-state index in [4.69, 9.17) is 0 Å². The summed E-state index contributed by atoms with van der Waals surface area (Å²) in [6.45, 7) is 7.25. The second kappa shape index (κ2) is 6.70. The molecule has 0 fully saturated rings. The Morgan fingerprint density at radius 3 is 2.79 bits per heavy atom. The molecule has 1 N–H and O–H groups in total. The van der Waals surface area contributed by atoms with Crippen molar-refractivity contribution in [1.82, 2.24) is 19.6 Å². The average Bonchev–Trinajstić information content (AvgIpc) is 3.15. The summed E-state index contributed by atoms with van der Waals surface area (Å²) >= 11 is 0. The molecule has 3 aromatic rings. The standard InChI is InChI=1S/C18H21N5O/c1-4-23-17(9-14(3)21-23)18(24)20-16-10-19-22(12-16)11-15-8-6-5-7-13(15)2/h5-10,12H,4,11H2,1-3H3,(H,20,24). The maximum atomic E-state index is 12.4. The van der Waals surface area contributed by atoms with Crippen molar-refractivity contribution in [2.75, 3.05) is 5.32 Å². The van der Waals surface area contributed by atoms with Crippen LogP contribution >= 0.6 is 0 Å². The highest BCUT2D eigenvalue weighted by molar-refractivity contribution is 6.03. The zero-order chi connectivity index (χ0) is 17.1. The van der Waals surface area contributed by atoms with Crippen LogP contribution in [-0.4, -0.2) is 25.5 Å². The Balaban J connectivity index is 1.72. The first-order chi connectivity index (χ1) is 11.6. The lowest BCUT2D eigenvalue weighted by Gasteiger charge is -2.06. The highest BCUT2D eigenvalue weighted by Gasteiger charge is 2.14. The van der Waals surface area contributed by atoms with E-state index in [0.717, 1.165) is 5.69 Å². The number of hydrogen-bond donors (Lipinski definition) is 1. The van der Waals surface area contributed by atoms with Crippen molar-refractivity contribution in [2.45, 2.75) is 33.9 Å². The Kier molecular flexibility index (Phi) is 4.46. The van der Waals surface area contributed by atoms with Crippen molar-refractivity contribution in [2.24, 2.45) is 0 Å². The van der Waals surface area contributed by atoms with Crippen LogP contribution in [0.15, 0.2) is 42.7 Å².